The minimum absolute atomic E-state index is 0.568. The lowest BCUT2D eigenvalue weighted by atomic mass is 10.1. The maximum absolute atomic E-state index is 10.7. The molecule has 0 aliphatic rings. The van der Waals surface area contributed by atoms with Gasteiger partial charge in [-0.25, -0.2) is 4.79 Å². The van der Waals surface area contributed by atoms with Crippen molar-refractivity contribution in [2.75, 3.05) is 5.32 Å². The Bertz CT molecular complexity index is 518. The van der Waals surface area contributed by atoms with Gasteiger partial charge in [-0.15, -0.1) is 0 Å². The number of anilines is 1. The predicted molar refractivity (Wildman–Crippen MR) is 62.0 cm³/mol. The largest absolute Gasteiger partial charge is 0.351 e. The minimum atomic E-state index is -0.568. The molecule has 0 aliphatic carbocycles. The molecule has 2 amide bonds. The molecule has 0 bridgehead atoms. The molecule has 16 heavy (non-hydrogen) atoms. The van der Waals surface area contributed by atoms with Crippen molar-refractivity contribution in [1.82, 2.24) is 10.2 Å². The van der Waals surface area contributed by atoms with Gasteiger partial charge in [-0.3, -0.25) is 5.10 Å². The van der Waals surface area contributed by atoms with Crippen LogP contribution in [0.4, 0.5) is 10.5 Å². The van der Waals surface area contributed by atoms with E-state index < -0.39 is 6.03 Å². The van der Waals surface area contributed by atoms with Gasteiger partial charge in [0.1, 0.15) is 0 Å². The van der Waals surface area contributed by atoms with Crippen molar-refractivity contribution in [3.05, 3.63) is 36.2 Å². The van der Waals surface area contributed by atoms with Crippen molar-refractivity contribution in [1.29, 1.82) is 0 Å². The number of aryl methyl sites for hydroxylation is 1. The topological polar surface area (TPSA) is 83.8 Å². The Morgan fingerprint density at radius 2 is 2.31 bits per heavy atom. The second kappa shape index (κ2) is 4.06. The van der Waals surface area contributed by atoms with Gasteiger partial charge in [-0.1, -0.05) is 12.1 Å². The first kappa shape index (κ1) is 10.2. The van der Waals surface area contributed by atoms with Crippen LogP contribution in [-0.2, 0) is 0 Å². The van der Waals surface area contributed by atoms with Gasteiger partial charge in [0.25, 0.3) is 0 Å². The zero-order chi connectivity index (χ0) is 11.5. The van der Waals surface area contributed by atoms with Gasteiger partial charge in [0.2, 0.25) is 0 Å². The number of aromatic amines is 1. The Kier molecular flexibility index (Phi) is 2.59. The first-order chi connectivity index (χ1) is 7.66. The Morgan fingerprint density at radius 1 is 1.50 bits per heavy atom. The number of hydrogen-bond acceptors (Lipinski definition) is 2. The summed E-state index contributed by atoms with van der Waals surface area (Å²) >= 11 is 0. The van der Waals surface area contributed by atoms with Crippen LogP contribution in [-0.4, -0.2) is 16.2 Å². The van der Waals surface area contributed by atoms with Crippen LogP contribution < -0.4 is 11.1 Å². The molecule has 2 aromatic rings. The van der Waals surface area contributed by atoms with E-state index in [1.54, 1.807) is 12.3 Å². The van der Waals surface area contributed by atoms with E-state index in [0.29, 0.717) is 5.69 Å². The van der Waals surface area contributed by atoms with E-state index in [2.05, 4.69) is 15.5 Å². The molecule has 0 spiro atoms. The van der Waals surface area contributed by atoms with Crippen molar-refractivity contribution >= 4 is 11.7 Å². The van der Waals surface area contributed by atoms with Crippen LogP contribution in [0.3, 0.4) is 0 Å². The average molecular weight is 216 g/mol. The summed E-state index contributed by atoms with van der Waals surface area (Å²) in [5, 5.41) is 9.35. The van der Waals surface area contributed by atoms with Crippen LogP contribution in [0, 0.1) is 6.92 Å². The number of hydrogen-bond donors (Lipinski definition) is 3. The lowest BCUT2D eigenvalue weighted by Gasteiger charge is -2.04. The number of rotatable bonds is 2. The molecule has 1 aromatic heterocycles. The highest BCUT2D eigenvalue weighted by molar-refractivity contribution is 5.88. The van der Waals surface area contributed by atoms with Crippen molar-refractivity contribution < 1.29 is 4.79 Å². The first-order valence-electron chi connectivity index (χ1n) is 4.83. The summed E-state index contributed by atoms with van der Waals surface area (Å²) in [5.74, 6) is 0. The standard InChI is InChI=1S/C11H12N4O/c1-7-10(6-13-15-7)8-3-2-4-9(5-8)14-11(12)16/h2-6H,1H3,(H,13,15)(H3,12,14,16). The number of carbonyl (C=O) groups is 1. The number of carbonyl (C=O) groups excluding carboxylic acids is 1. The van der Waals surface area contributed by atoms with Gasteiger partial charge >= 0.3 is 6.03 Å². The molecule has 0 fully saturated rings. The second-order valence-corrected chi connectivity index (χ2v) is 3.48. The van der Waals surface area contributed by atoms with Gasteiger partial charge in [-0.05, 0) is 24.6 Å². The van der Waals surface area contributed by atoms with Gasteiger partial charge in [-0.2, -0.15) is 5.10 Å². The van der Waals surface area contributed by atoms with Crippen LogP contribution in [0.15, 0.2) is 30.5 Å². The number of urea groups is 1. The summed E-state index contributed by atoms with van der Waals surface area (Å²) in [7, 11) is 0. The molecule has 0 atom stereocenters. The third-order valence-corrected chi connectivity index (χ3v) is 2.27. The monoisotopic (exact) mass is 216 g/mol. The number of amides is 2. The van der Waals surface area contributed by atoms with E-state index in [1.165, 1.54) is 0 Å². The van der Waals surface area contributed by atoms with Crippen LogP contribution in [0.2, 0.25) is 0 Å². The second-order valence-electron chi connectivity index (χ2n) is 3.48. The molecule has 82 valence electrons. The maximum atomic E-state index is 10.7. The van der Waals surface area contributed by atoms with Gasteiger partial charge in [0.15, 0.2) is 0 Å². The zero-order valence-corrected chi connectivity index (χ0v) is 8.82. The predicted octanol–water partition coefficient (Wildman–Crippen LogP) is 1.88. The number of nitrogens with zero attached hydrogens (tertiary/aromatic N) is 1. The van der Waals surface area contributed by atoms with Gasteiger partial charge in [0, 0.05) is 16.9 Å². The smallest absolute Gasteiger partial charge is 0.316 e. The summed E-state index contributed by atoms with van der Waals surface area (Å²) in [6, 6.07) is 6.87. The molecule has 5 nitrogen and oxygen atoms in total. The van der Waals surface area contributed by atoms with E-state index in [1.807, 2.05) is 25.1 Å². The number of benzene rings is 1. The Labute approximate surface area is 92.7 Å². The fraction of sp³-hybridized carbons (Fsp3) is 0.0909. The molecule has 1 heterocycles. The Morgan fingerprint density at radius 3 is 2.94 bits per heavy atom. The summed E-state index contributed by atoms with van der Waals surface area (Å²) in [5.41, 5.74) is 8.70. The fourth-order valence-electron chi connectivity index (χ4n) is 1.55. The van der Waals surface area contributed by atoms with E-state index in [4.69, 9.17) is 5.73 Å². The molecule has 0 aliphatic heterocycles. The molecule has 1 aromatic carbocycles. The number of aromatic nitrogens is 2. The van der Waals surface area contributed by atoms with Gasteiger partial charge in [0.05, 0.1) is 6.20 Å². The van der Waals surface area contributed by atoms with E-state index in [0.717, 1.165) is 16.8 Å². The SMILES string of the molecule is Cc1[nH]ncc1-c1cccc(NC(N)=O)c1. The van der Waals surface area contributed by atoms with E-state index in [9.17, 15) is 4.79 Å². The van der Waals surface area contributed by atoms with Gasteiger partial charge < -0.3 is 11.1 Å². The summed E-state index contributed by atoms with van der Waals surface area (Å²) in [4.78, 5) is 10.7. The summed E-state index contributed by atoms with van der Waals surface area (Å²) in [6.45, 7) is 1.94. The molecule has 0 saturated carbocycles. The molecule has 5 heteroatoms. The molecule has 2 rings (SSSR count). The van der Waals surface area contributed by atoms with Crippen LogP contribution in [0.1, 0.15) is 5.69 Å². The third kappa shape index (κ3) is 2.03. The van der Waals surface area contributed by atoms with Crippen LogP contribution >= 0.6 is 0 Å². The number of nitrogens with two attached hydrogens (primary N) is 1. The highest BCUT2D eigenvalue weighted by atomic mass is 16.2. The minimum Gasteiger partial charge on any atom is -0.351 e. The Balaban J connectivity index is 2.36. The van der Waals surface area contributed by atoms with Crippen molar-refractivity contribution in [2.45, 2.75) is 6.92 Å². The third-order valence-electron chi connectivity index (χ3n) is 2.27. The quantitative estimate of drug-likeness (QED) is 0.716. The lowest BCUT2D eigenvalue weighted by Crippen LogP contribution is -2.19. The van der Waals surface area contributed by atoms with Crippen LogP contribution in [0.5, 0.6) is 0 Å². The van der Waals surface area contributed by atoms with Crippen molar-refractivity contribution in [3.63, 3.8) is 0 Å². The normalized spacial score (nSPS) is 10.1. The van der Waals surface area contributed by atoms with Crippen molar-refractivity contribution in [2.24, 2.45) is 5.73 Å². The van der Waals surface area contributed by atoms with E-state index >= 15 is 0 Å². The van der Waals surface area contributed by atoms with Crippen molar-refractivity contribution in [3.8, 4) is 11.1 Å². The first-order valence-corrected chi connectivity index (χ1v) is 4.83. The zero-order valence-electron chi connectivity index (χ0n) is 8.82. The highest BCUT2D eigenvalue weighted by Gasteiger charge is 2.04. The van der Waals surface area contributed by atoms with Crippen LogP contribution in [0.25, 0.3) is 11.1 Å². The average Bonchev–Trinajstić information content (AvgIpc) is 2.64. The lowest BCUT2D eigenvalue weighted by molar-refractivity contribution is 0.259. The fourth-order valence-corrected chi connectivity index (χ4v) is 1.55. The number of primary amides is 1. The van der Waals surface area contributed by atoms with E-state index in [-0.39, 0.29) is 0 Å². The number of nitrogens with one attached hydrogen (secondary N) is 2. The molecule has 0 unspecified atom stereocenters. The Hall–Kier alpha value is -2.30. The molecule has 0 saturated heterocycles. The maximum Gasteiger partial charge on any atom is 0.316 e. The molecular weight excluding hydrogens is 204 g/mol. The molecular formula is C11H12N4O. The molecule has 0 radical (unpaired) electrons. The molecule has 4 N–H and O–H groups in total. The highest BCUT2D eigenvalue weighted by Crippen LogP contribution is 2.23. The summed E-state index contributed by atoms with van der Waals surface area (Å²) < 4.78 is 0. The summed E-state index contributed by atoms with van der Waals surface area (Å²) in [6.07, 6.45) is 1.75. The number of H-pyrrole nitrogens is 1.